The highest BCUT2D eigenvalue weighted by Crippen LogP contribution is 2.39. The number of nitrogens with zero attached hydrogens (tertiary/aromatic N) is 1. The van der Waals surface area contributed by atoms with E-state index in [1.807, 2.05) is 0 Å². The first-order valence-corrected chi connectivity index (χ1v) is 9.17. The van der Waals surface area contributed by atoms with E-state index < -0.39 is 29.9 Å². The van der Waals surface area contributed by atoms with Crippen LogP contribution in [0.25, 0.3) is 0 Å². The van der Waals surface area contributed by atoms with Crippen molar-refractivity contribution in [2.75, 3.05) is 11.9 Å². The van der Waals surface area contributed by atoms with E-state index in [0.717, 1.165) is 18.4 Å². The third-order valence-corrected chi connectivity index (χ3v) is 4.83. The summed E-state index contributed by atoms with van der Waals surface area (Å²) in [7, 11) is 0. The number of carbonyl (C=O) groups is 3. The number of anilines is 1. The van der Waals surface area contributed by atoms with Gasteiger partial charge in [-0.2, -0.15) is 5.26 Å². The van der Waals surface area contributed by atoms with Gasteiger partial charge in [-0.05, 0) is 62.4 Å². The van der Waals surface area contributed by atoms with E-state index in [0.29, 0.717) is 5.69 Å². The van der Waals surface area contributed by atoms with Crippen LogP contribution in [0.3, 0.4) is 0 Å². The Hall–Kier alpha value is -3.60. The molecule has 2 N–H and O–H groups in total. The maximum absolute atomic E-state index is 12.3. The Morgan fingerprint density at radius 1 is 1.31 bits per heavy atom. The van der Waals surface area contributed by atoms with Crippen molar-refractivity contribution >= 4 is 23.5 Å². The number of benzene rings is 1. The van der Waals surface area contributed by atoms with Crippen molar-refractivity contribution in [1.29, 1.82) is 5.26 Å². The zero-order valence-electron chi connectivity index (χ0n) is 16.2. The lowest BCUT2D eigenvalue weighted by Gasteiger charge is -2.22. The molecule has 0 radical (unpaired) electrons. The molecule has 0 aliphatic heterocycles. The summed E-state index contributed by atoms with van der Waals surface area (Å²) in [5, 5.41) is 14.6. The molecule has 8 heteroatoms. The third kappa shape index (κ3) is 4.82. The highest BCUT2D eigenvalue weighted by atomic mass is 16.5. The highest BCUT2D eigenvalue weighted by molar-refractivity contribution is 6.03. The van der Waals surface area contributed by atoms with Gasteiger partial charge in [0.25, 0.3) is 11.8 Å². The molecule has 1 fully saturated rings. The highest BCUT2D eigenvalue weighted by Gasteiger charge is 2.43. The van der Waals surface area contributed by atoms with Crippen LogP contribution in [0.2, 0.25) is 0 Å². The van der Waals surface area contributed by atoms with Gasteiger partial charge in [-0.3, -0.25) is 9.59 Å². The first-order chi connectivity index (χ1) is 13.8. The summed E-state index contributed by atoms with van der Waals surface area (Å²) in [5.74, 6) is -1.42. The van der Waals surface area contributed by atoms with Gasteiger partial charge in [0.05, 0.1) is 17.9 Å². The molecule has 8 nitrogen and oxygen atoms in total. The average molecular weight is 395 g/mol. The van der Waals surface area contributed by atoms with Gasteiger partial charge in [-0.15, -0.1) is 0 Å². The molecule has 0 unspecified atom stereocenters. The summed E-state index contributed by atoms with van der Waals surface area (Å²) >= 11 is 0. The summed E-state index contributed by atoms with van der Waals surface area (Å²) in [5.41, 5.74) is 0.407. The summed E-state index contributed by atoms with van der Waals surface area (Å²) in [6.07, 6.45) is 3.17. The quantitative estimate of drug-likeness (QED) is 0.695. The number of esters is 1. The number of rotatable bonds is 7. The minimum Gasteiger partial charge on any atom is -0.459 e. The van der Waals surface area contributed by atoms with Crippen molar-refractivity contribution in [2.45, 2.75) is 32.2 Å². The number of hydrogen-bond donors (Lipinski definition) is 2. The van der Waals surface area contributed by atoms with Crippen LogP contribution >= 0.6 is 0 Å². The second kappa shape index (κ2) is 8.19. The van der Waals surface area contributed by atoms with Crippen LogP contribution in [0.5, 0.6) is 0 Å². The van der Waals surface area contributed by atoms with E-state index >= 15 is 0 Å². The van der Waals surface area contributed by atoms with Gasteiger partial charge in [0.2, 0.25) is 0 Å². The summed E-state index contributed by atoms with van der Waals surface area (Å²) in [4.78, 5) is 36.5. The fourth-order valence-corrected chi connectivity index (χ4v) is 2.90. The van der Waals surface area contributed by atoms with Crippen LogP contribution in [0.15, 0.2) is 41.0 Å². The molecule has 0 saturated heterocycles. The molecular weight excluding hydrogens is 374 g/mol. The van der Waals surface area contributed by atoms with Crippen LogP contribution in [-0.2, 0) is 9.53 Å². The van der Waals surface area contributed by atoms with Crippen LogP contribution in [0, 0.1) is 24.2 Å². The number of amides is 2. The molecule has 1 aliphatic rings. The Labute approximate surface area is 167 Å². The SMILES string of the molecule is Cc1ccc(C(=O)OCC(=O)N[C@](C)(C#N)C2CC2)cc1NC(=O)c1ccco1. The van der Waals surface area contributed by atoms with E-state index in [4.69, 9.17) is 9.15 Å². The molecule has 1 aromatic carbocycles. The number of furan rings is 1. The van der Waals surface area contributed by atoms with E-state index in [1.165, 1.54) is 18.4 Å². The Kier molecular flexibility index (Phi) is 5.69. The second-order valence-corrected chi connectivity index (χ2v) is 7.17. The van der Waals surface area contributed by atoms with Crippen LogP contribution < -0.4 is 10.6 Å². The first kappa shape index (κ1) is 20.1. The number of aryl methyl sites for hydroxylation is 1. The van der Waals surface area contributed by atoms with Crippen LogP contribution in [0.4, 0.5) is 5.69 Å². The Bertz CT molecular complexity index is 973. The van der Waals surface area contributed by atoms with E-state index in [1.54, 1.807) is 32.0 Å². The van der Waals surface area contributed by atoms with Gasteiger partial charge >= 0.3 is 5.97 Å². The largest absolute Gasteiger partial charge is 0.459 e. The molecule has 1 heterocycles. The molecule has 0 spiro atoms. The summed E-state index contributed by atoms with van der Waals surface area (Å²) < 4.78 is 10.1. The van der Waals surface area contributed by atoms with Gasteiger partial charge in [-0.25, -0.2) is 4.79 Å². The monoisotopic (exact) mass is 395 g/mol. The molecule has 1 atom stereocenters. The van der Waals surface area contributed by atoms with Crippen molar-refractivity contribution in [3.63, 3.8) is 0 Å². The Morgan fingerprint density at radius 3 is 2.69 bits per heavy atom. The second-order valence-electron chi connectivity index (χ2n) is 7.17. The van der Waals surface area contributed by atoms with E-state index in [2.05, 4.69) is 16.7 Å². The molecule has 1 saturated carbocycles. The lowest BCUT2D eigenvalue weighted by Crippen LogP contribution is -2.48. The van der Waals surface area contributed by atoms with Crippen LogP contribution in [-0.4, -0.2) is 29.9 Å². The van der Waals surface area contributed by atoms with Gasteiger partial charge in [0, 0.05) is 5.69 Å². The predicted octanol–water partition coefficient (Wildman–Crippen LogP) is 2.81. The Morgan fingerprint density at radius 2 is 2.07 bits per heavy atom. The molecule has 29 heavy (non-hydrogen) atoms. The molecular formula is C21H21N3O5. The predicted molar refractivity (Wildman–Crippen MR) is 103 cm³/mol. The summed E-state index contributed by atoms with van der Waals surface area (Å²) in [6, 6.07) is 9.91. The standard InChI is InChI=1S/C21H21N3O5/c1-13-5-6-14(10-16(13)23-19(26)17-4-3-9-28-17)20(27)29-11-18(25)24-21(2,12-22)15-7-8-15/h3-6,9-10,15H,7-8,11H2,1-2H3,(H,23,26)(H,24,25)/t21-/m1/s1. The van der Waals surface area contributed by atoms with E-state index in [-0.39, 0.29) is 17.2 Å². The Balaban J connectivity index is 1.60. The maximum Gasteiger partial charge on any atom is 0.338 e. The van der Waals surface area contributed by atoms with Gasteiger partial charge in [-0.1, -0.05) is 6.07 Å². The zero-order chi connectivity index (χ0) is 21.0. The molecule has 2 aromatic rings. The zero-order valence-corrected chi connectivity index (χ0v) is 16.2. The minimum atomic E-state index is -0.948. The fourth-order valence-electron chi connectivity index (χ4n) is 2.90. The average Bonchev–Trinajstić information content (AvgIpc) is 3.43. The van der Waals surface area contributed by atoms with Gasteiger partial charge in [0.1, 0.15) is 5.54 Å². The normalized spacial score (nSPS) is 14.9. The smallest absolute Gasteiger partial charge is 0.338 e. The van der Waals surface area contributed by atoms with Crippen LogP contribution in [0.1, 0.15) is 46.2 Å². The van der Waals surface area contributed by atoms with Crippen molar-refractivity contribution in [3.05, 3.63) is 53.5 Å². The molecule has 3 rings (SSSR count). The van der Waals surface area contributed by atoms with Gasteiger partial charge < -0.3 is 19.8 Å². The molecule has 1 aromatic heterocycles. The number of nitrogens with one attached hydrogen (secondary N) is 2. The maximum atomic E-state index is 12.3. The molecule has 150 valence electrons. The van der Waals surface area contributed by atoms with Gasteiger partial charge in [0.15, 0.2) is 12.4 Å². The number of hydrogen-bond acceptors (Lipinski definition) is 6. The minimum absolute atomic E-state index is 0.129. The topological polar surface area (TPSA) is 121 Å². The third-order valence-electron chi connectivity index (χ3n) is 4.83. The first-order valence-electron chi connectivity index (χ1n) is 9.17. The number of ether oxygens (including phenoxy) is 1. The number of nitriles is 1. The van der Waals surface area contributed by atoms with Crippen molar-refractivity contribution < 1.29 is 23.5 Å². The van der Waals surface area contributed by atoms with Crippen molar-refractivity contribution in [2.24, 2.45) is 5.92 Å². The molecule has 1 aliphatic carbocycles. The number of carbonyl (C=O) groups excluding carboxylic acids is 3. The lowest BCUT2D eigenvalue weighted by molar-refractivity contribution is -0.125. The molecule has 2 amide bonds. The van der Waals surface area contributed by atoms with E-state index in [9.17, 15) is 19.6 Å². The van der Waals surface area contributed by atoms with Crippen molar-refractivity contribution in [1.82, 2.24) is 5.32 Å². The lowest BCUT2D eigenvalue weighted by atomic mass is 9.98. The van der Waals surface area contributed by atoms with Crippen molar-refractivity contribution in [3.8, 4) is 6.07 Å². The fraction of sp³-hybridized carbons (Fsp3) is 0.333. The molecule has 0 bridgehead atoms. The summed E-state index contributed by atoms with van der Waals surface area (Å²) in [6.45, 7) is 2.95.